The Bertz CT molecular complexity index is 663. The summed E-state index contributed by atoms with van der Waals surface area (Å²) in [4.78, 5) is 19.4. The Balaban J connectivity index is 1.91. The van der Waals surface area contributed by atoms with E-state index in [1.807, 2.05) is 12.1 Å². The number of aromatic carboxylic acids is 1. The summed E-state index contributed by atoms with van der Waals surface area (Å²) in [6.07, 6.45) is 1.68. The molecular formula is C16H19N3O3. The van der Waals surface area contributed by atoms with Gasteiger partial charge < -0.3 is 15.5 Å². The summed E-state index contributed by atoms with van der Waals surface area (Å²) in [6, 6.07) is 7.17. The monoisotopic (exact) mass is 301 g/mol. The van der Waals surface area contributed by atoms with E-state index in [1.54, 1.807) is 26.0 Å². The molecule has 0 unspecified atom stereocenters. The van der Waals surface area contributed by atoms with Crippen LogP contribution in [0.3, 0.4) is 0 Å². The second kappa shape index (κ2) is 6.89. The van der Waals surface area contributed by atoms with Crippen LogP contribution in [0, 0.1) is 13.8 Å². The molecule has 2 rings (SSSR count). The van der Waals surface area contributed by atoms with Crippen LogP contribution < -0.4 is 5.32 Å². The second-order valence-corrected chi connectivity index (χ2v) is 5.10. The number of aryl methyl sites for hydroxylation is 3. The molecule has 1 aromatic heterocycles. The molecule has 2 aromatic rings. The molecule has 0 aliphatic carbocycles. The van der Waals surface area contributed by atoms with Crippen molar-refractivity contribution in [3.8, 4) is 5.75 Å². The number of hydrogen-bond acceptors (Lipinski definition) is 5. The van der Waals surface area contributed by atoms with Crippen LogP contribution in [0.15, 0.2) is 24.3 Å². The summed E-state index contributed by atoms with van der Waals surface area (Å²) in [5, 5.41) is 21.6. The van der Waals surface area contributed by atoms with Gasteiger partial charge in [0.2, 0.25) is 5.95 Å². The van der Waals surface area contributed by atoms with Gasteiger partial charge >= 0.3 is 5.97 Å². The molecule has 0 aliphatic rings. The Hall–Kier alpha value is -2.63. The predicted octanol–water partition coefficient (Wildman–Crippen LogP) is 2.54. The van der Waals surface area contributed by atoms with E-state index in [4.69, 9.17) is 5.11 Å². The Labute approximate surface area is 128 Å². The highest BCUT2D eigenvalue weighted by Crippen LogP contribution is 2.14. The number of carboxylic acid groups (broad SMARTS) is 1. The van der Waals surface area contributed by atoms with Crippen LogP contribution in [0.2, 0.25) is 0 Å². The van der Waals surface area contributed by atoms with Gasteiger partial charge in [0.1, 0.15) is 11.3 Å². The van der Waals surface area contributed by atoms with Crippen molar-refractivity contribution >= 4 is 11.9 Å². The number of nitrogens with one attached hydrogen (secondary N) is 1. The van der Waals surface area contributed by atoms with Crippen LogP contribution in [0.4, 0.5) is 5.95 Å². The van der Waals surface area contributed by atoms with Crippen LogP contribution >= 0.6 is 0 Å². The maximum Gasteiger partial charge on any atom is 0.339 e. The largest absolute Gasteiger partial charge is 0.508 e. The van der Waals surface area contributed by atoms with Crippen LogP contribution in [0.1, 0.15) is 33.7 Å². The molecular weight excluding hydrogens is 282 g/mol. The predicted molar refractivity (Wildman–Crippen MR) is 83.4 cm³/mol. The van der Waals surface area contributed by atoms with Gasteiger partial charge in [-0.15, -0.1) is 0 Å². The fraction of sp³-hybridized carbons (Fsp3) is 0.312. The molecule has 3 N–H and O–H groups in total. The smallest absolute Gasteiger partial charge is 0.339 e. The lowest BCUT2D eigenvalue weighted by molar-refractivity contribution is 0.0694. The number of rotatable bonds is 6. The summed E-state index contributed by atoms with van der Waals surface area (Å²) in [5.74, 6) is -0.300. The molecule has 116 valence electrons. The average molecular weight is 301 g/mol. The van der Waals surface area contributed by atoms with Gasteiger partial charge in [0, 0.05) is 6.54 Å². The van der Waals surface area contributed by atoms with E-state index in [9.17, 15) is 9.90 Å². The zero-order valence-electron chi connectivity index (χ0n) is 12.6. The first kappa shape index (κ1) is 15.8. The number of phenolic OH excluding ortho intramolecular Hbond substituents is 1. The first-order valence-corrected chi connectivity index (χ1v) is 7.07. The summed E-state index contributed by atoms with van der Waals surface area (Å²) in [5.41, 5.74) is 2.13. The molecule has 0 amide bonds. The Morgan fingerprint density at radius 3 is 2.50 bits per heavy atom. The minimum absolute atomic E-state index is 0.158. The van der Waals surface area contributed by atoms with E-state index in [1.165, 1.54) is 0 Å². The lowest BCUT2D eigenvalue weighted by Gasteiger charge is -2.09. The molecule has 0 aliphatic heterocycles. The van der Waals surface area contributed by atoms with Gasteiger partial charge in [-0.2, -0.15) is 0 Å². The zero-order valence-corrected chi connectivity index (χ0v) is 12.6. The molecule has 6 nitrogen and oxygen atoms in total. The summed E-state index contributed by atoms with van der Waals surface area (Å²) >= 11 is 0. The minimum Gasteiger partial charge on any atom is -0.508 e. The number of hydrogen-bond donors (Lipinski definition) is 3. The molecule has 0 saturated carbocycles. The van der Waals surface area contributed by atoms with Gasteiger partial charge in [-0.25, -0.2) is 14.8 Å². The number of nitrogens with zero attached hydrogens (tertiary/aromatic N) is 2. The standard InChI is InChI=1S/C16H19N3O3/c1-10-14(15(21)22)11(2)19-16(18-10)17-8-4-6-12-5-3-7-13(20)9-12/h3,5,7,9,20H,4,6,8H2,1-2H3,(H,21,22)(H,17,18,19). The van der Waals surface area contributed by atoms with Gasteiger partial charge in [-0.3, -0.25) is 0 Å². The van der Waals surface area contributed by atoms with E-state index in [2.05, 4.69) is 15.3 Å². The van der Waals surface area contributed by atoms with Crippen molar-refractivity contribution < 1.29 is 15.0 Å². The van der Waals surface area contributed by atoms with Crippen molar-refractivity contribution in [1.82, 2.24) is 9.97 Å². The maximum absolute atomic E-state index is 11.1. The molecule has 0 fully saturated rings. The number of anilines is 1. The number of benzene rings is 1. The fourth-order valence-corrected chi connectivity index (χ4v) is 2.31. The molecule has 6 heteroatoms. The molecule has 0 radical (unpaired) electrons. The summed E-state index contributed by atoms with van der Waals surface area (Å²) in [7, 11) is 0. The molecule has 1 aromatic carbocycles. The number of carbonyl (C=O) groups is 1. The highest BCUT2D eigenvalue weighted by molar-refractivity contribution is 5.90. The van der Waals surface area contributed by atoms with Gasteiger partial charge in [0.05, 0.1) is 11.4 Å². The molecule has 0 saturated heterocycles. The van der Waals surface area contributed by atoms with Crippen molar-refractivity contribution in [2.75, 3.05) is 11.9 Å². The number of aromatic hydroxyl groups is 1. The highest BCUT2D eigenvalue weighted by atomic mass is 16.4. The van der Waals surface area contributed by atoms with Crippen molar-refractivity contribution in [3.63, 3.8) is 0 Å². The Kier molecular flexibility index (Phi) is 4.93. The van der Waals surface area contributed by atoms with Crippen LogP contribution in [-0.4, -0.2) is 32.7 Å². The molecule has 0 spiro atoms. The van der Waals surface area contributed by atoms with Crippen molar-refractivity contribution in [2.24, 2.45) is 0 Å². The van der Waals surface area contributed by atoms with Crippen molar-refractivity contribution in [1.29, 1.82) is 0 Å². The number of aromatic nitrogens is 2. The minimum atomic E-state index is -1.01. The van der Waals surface area contributed by atoms with Gasteiger partial charge in [0.15, 0.2) is 0 Å². The normalized spacial score (nSPS) is 10.5. The summed E-state index contributed by atoms with van der Waals surface area (Å²) < 4.78 is 0. The fourth-order valence-electron chi connectivity index (χ4n) is 2.31. The first-order chi connectivity index (χ1) is 10.5. The Morgan fingerprint density at radius 1 is 1.23 bits per heavy atom. The quantitative estimate of drug-likeness (QED) is 0.710. The maximum atomic E-state index is 11.1. The van der Waals surface area contributed by atoms with Gasteiger partial charge in [-0.05, 0) is 44.4 Å². The zero-order chi connectivity index (χ0) is 16.1. The second-order valence-electron chi connectivity index (χ2n) is 5.10. The molecule has 1 heterocycles. The molecule has 0 bridgehead atoms. The third-order valence-electron chi connectivity index (χ3n) is 3.32. The lowest BCUT2D eigenvalue weighted by Crippen LogP contribution is -2.12. The SMILES string of the molecule is Cc1nc(NCCCc2cccc(O)c2)nc(C)c1C(=O)O. The van der Waals surface area contributed by atoms with E-state index in [0.29, 0.717) is 23.9 Å². The lowest BCUT2D eigenvalue weighted by atomic mass is 10.1. The topological polar surface area (TPSA) is 95.3 Å². The van der Waals surface area contributed by atoms with Crippen molar-refractivity contribution in [3.05, 3.63) is 46.8 Å². The number of carboxylic acids is 1. The average Bonchev–Trinajstić information content (AvgIpc) is 2.42. The molecule has 22 heavy (non-hydrogen) atoms. The van der Waals surface area contributed by atoms with Crippen LogP contribution in [0.25, 0.3) is 0 Å². The number of phenols is 1. The van der Waals surface area contributed by atoms with E-state index >= 15 is 0 Å². The summed E-state index contributed by atoms with van der Waals surface area (Å²) in [6.45, 7) is 3.99. The Morgan fingerprint density at radius 2 is 1.91 bits per heavy atom. The first-order valence-electron chi connectivity index (χ1n) is 7.07. The molecule has 0 atom stereocenters. The van der Waals surface area contributed by atoms with Crippen LogP contribution in [-0.2, 0) is 6.42 Å². The van der Waals surface area contributed by atoms with E-state index in [-0.39, 0.29) is 11.3 Å². The van der Waals surface area contributed by atoms with Gasteiger partial charge in [0.25, 0.3) is 0 Å². The third-order valence-corrected chi connectivity index (χ3v) is 3.32. The van der Waals surface area contributed by atoms with E-state index < -0.39 is 5.97 Å². The van der Waals surface area contributed by atoms with Gasteiger partial charge in [-0.1, -0.05) is 12.1 Å². The van der Waals surface area contributed by atoms with Crippen LogP contribution in [0.5, 0.6) is 5.75 Å². The highest BCUT2D eigenvalue weighted by Gasteiger charge is 2.14. The van der Waals surface area contributed by atoms with Crippen molar-refractivity contribution in [2.45, 2.75) is 26.7 Å². The third kappa shape index (κ3) is 3.94. The van der Waals surface area contributed by atoms with E-state index in [0.717, 1.165) is 18.4 Å².